The Labute approximate surface area is 106 Å². The van der Waals surface area contributed by atoms with Crippen LogP contribution in [0.4, 0.5) is 0 Å². The van der Waals surface area contributed by atoms with E-state index in [0.29, 0.717) is 0 Å². The van der Waals surface area contributed by atoms with Gasteiger partial charge in [0, 0.05) is 15.8 Å². The van der Waals surface area contributed by atoms with E-state index in [4.69, 9.17) is 0 Å². The summed E-state index contributed by atoms with van der Waals surface area (Å²) >= 11 is 14.1. The maximum absolute atomic E-state index is 12.3. The third-order valence-corrected chi connectivity index (χ3v) is 15.9. The zero-order valence-corrected chi connectivity index (χ0v) is 13.6. The van der Waals surface area contributed by atoms with Crippen LogP contribution in [0.15, 0.2) is 0 Å². The number of halogens is 4. The number of alkyl halides is 4. The van der Waals surface area contributed by atoms with E-state index in [9.17, 15) is 4.57 Å². The summed E-state index contributed by atoms with van der Waals surface area (Å²) in [6.07, 6.45) is 0.739. The van der Waals surface area contributed by atoms with E-state index in [1.165, 1.54) is 0 Å². The minimum atomic E-state index is -2.11. The standard InChI is InChI=1S/C6H9Br4OP/c1-2-12(11)5(9)3(7)4(8)6(12)10/h3-6H,2H2,1H3. The van der Waals surface area contributed by atoms with Gasteiger partial charge in [0.1, 0.15) is 7.14 Å². The molecule has 12 heavy (non-hydrogen) atoms. The van der Waals surface area contributed by atoms with Gasteiger partial charge in [-0.25, -0.2) is 0 Å². The SMILES string of the molecule is CCP1(=O)C(Br)C(Br)C(Br)C1Br. The third kappa shape index (κ3) is 1.78. The molecule has 1 aliphatic rings. The molecule has 0 saturated carbocycles. The van der Waals surface area contributed by atoms with E-state index in [1.807, 2.05) is 6.92 Å². The summed E-state index contributed by atoms with van der Waals surface area (Å²) in [6, 6.07) is 0. The molecule has 0 N–H and O–H groups in total. The molecule has 0 bridgehead atoms. The maximum Gasteiger partial charge on any atom is 0.116 e. The van der Waals surface area contributed by atoms with E-state index < -0.39 is 7.14 Å². The van der Waals surface area contributed by atoms with Gasteiger partial charge in [0.05, 0.1) is 9.14 Å². The minimum Gasteiger partial charge on any atom is -0.321 e. The molecule has 1 nitrogen and oxygen atoms in total. The molecule has 0 aromatic carbocycles. The molecule has 0 aromatic heterocycles. The van der Waals surface area contributed by atoms with Crippen molar-refractivity contribution in [2.75, 3.05) is 6.16 Å². The molecule has 1 aliphatic heterocycles. The Morgan fingerprint density at radius 1 is 1.08 bits per heavy atom. The van der Waals surface area contributed by atoms with Crippen LogP contribution in [0.3, 0.4) is 0 Å². The van der Waals surface area contributed by atoms with Crippen LogP contribution in [0.2, 0.25) is 0 Å². The summed E-state index contributed by atoms with van der Waals surface area (Å²) in [7, 11) is -2.11. The van der Waals surface area contributed by atoms with E-state index >= 15 is 0 Å². The summed E-state index contributed by atoms with van der Waals surface area (Å²) in [6.45, 7) is 1.98. The van der Waals surface area contributed by atoms with Gasteiger partial charge in [0.15, 0.2) is 0 Å². The van der Waals surface area contributed by atoms with Gasteiger partial charge < -0.3 is 4.57 Å². The molecule has 0 amide bonds. The lowest BCUT2D eigenvalue weighted by Crippen LogP contribution is -2.16. The summed E-state index contributed by atoms with van der Waals surface area (Å²) in [4.78, 5) is 0.486. The quantitative estimate of drug-likeness (QED) is 0.431. The monoisotopic (exact) mass is 444 g/mol. The highest BCUT2D eigenvalue weighted by molar-refractivity contribution is 9.16. The molecule has 1 heterocycles. The average molecular weight is 448 g/mol. The van der Waals surface area contributed by atoms with Crippen LogP contribution in [-0.2, 0) is 4.57 Å². The summed E-state index contributed by atoms with van der Waals surface area (Å²) in [5.41, 5.74) is 0. The van der Waals surface area contributed by atoms with Crippen LogP contribution in [0.1, 0.15) is 6.92 Å². The van der Waals surface area contributed by atoms with Gasteiger partial charge in [-0.1, -0.05) is 70.6 Å². The molecular formula is C6H9Br4OP. The molecule has 0 radical (unpaired) electrons. The van der Waals surface area contributed by atoms with Crippen LogP contribution in [-0.4, -0.2) is 25.0 Å². The van der Waals surface area contributed by atoms with Crippen molar-refractivity contribution in [2.24, 2.45) is 0 Å². The van der Waals surface area contributed by atoms with Crippen molar-refractivity contribution in [3.05, 3.63) is 0 Å². The van der Waals surface area contributed by atoms with Crippen molar-refractivity contribution in [2.45, 2.75) is 25.7 Å². The van der Waals surface area contributed by atoms with Crippen LogP contribution < -0.4 is 0 Å². The second kappa shape index (κ2) is 4.34. The fraction of sp³-hybridized carbons (Fsp3) is 1.00. The zero-order valence-electron chi connectivity index (χ0n) is 6.38. The first-order chi connectivity index (χ1) is 5.45. The first-order valence-corrected chi connectivity index (χ1v) is 9.29. The lowest BCUT2D eigenvalue weighted by Gasteiger charge is -2.17. The Morgan fingerprint density at radius 3 is 1.58 bits per heavy atom. The van der Waals surface area contributed by atoms with Gasteiger partial charge >= 0.3 is 0 Å². The van der Waals surface area contributed by atoms with Crippen molar-refractivity contribution >= 4 is 70.9 Å². The van der Waals surface area contributed by atoms with Gasteiger partial charge in [-0.15, -0.1) is 0 Å². The Balaban J connectivity index is 2.98. The fourth-order valence-corrected chi connectivity index (χ4v) is 12.8. The molecule has 1 rings (SSSR count). The van der Waals surface area contributed by atoms with Gasteiger partial charge in [-0.3, -0.25) is 0 Å². The first kappa shape index (κ1) is 12.2. The first-order valence-electron chi connectivity index (χ1n) is 3.60. The topological polar surface area (TPSA) is 17.1 Å². The minimum absolute atomic E-state index is 0.0868. The molecule has 1 saturated heterocycles. The lowest BCUT2D eigenvalue weighted by atomic mass is 10.4. The lowest BCUT2D eigenvalue weighted by molar-refractivity contribution is 0.577. The van der Waals surface area contributed by atoms with Crippen molar-refractivity contribution in [3.8, 4) is 0 Å². The van der Waals surface area contributed by atoms with Gasteiger partial charge in [0.2, 0.25) is 0 Å². The highest BCUT2D eigenvalue weighted by atomic mass is 79.9. The highest BCUT2D eigenvalue weighted by Crippen LogP contribution is 2.69. The second-order valence-electron chi connectivity index (χ2n) is 2.80. The predicted molar refractivity (Wildman–Crippen MR) is 69.0 cm³/mol. The van der Waals surface area contributed by atoms with Crippen LogP contribution in [0.5, 0.6) is 0 Å². The number of rotatable bonds is 1. The molecule has 4 atom stereocenters. The summed E-state index contributed by atoms with van der Waals surface area (Å²) < 4.78 is 12.5. The average Bonchev–Trinajstić information content (AvgIpc) is 2.22. The molecule has 0 aromatic rings. The zero-order chi connectivity index (χ0) is 9.52. The molecule has 0 spiro atoms. The molecule has 0 aliphatic carbocycles. The predicted octanol–water partition coefficient (Wildman–Crippen LogP) is 4.35. The van der Waals surface area contributed by atoms with Crippen molar-refractivity contribution < 1.29 is 4.57 Å². The summed E-state index contributed by atoms with van der Waals surface area (Å²) in [5, 5.41) is 0. The molecule has 6 heteroatoms. The maximum atomic E-state index is 12.3. The molecule has 72 valence electrons. The highest BCUT2D eigenvalue weighted by Gasteiger charge is 2.53. The van der Waals surface area contributed by atoms with Gasteiger partial charge in [0.25, 0.3) is 0 Å². The normalized spacial score (nSPS) is 54.4. The third-order valence-electron chi connectivity index (χ3n) is 2.16. The van der Waals surface area contributed by atoms with Crippen LogP contribution in [0, 0.1) is 0 Å². The Bertz CT molecular complexity index is 204. The fourth-order valence-electron chi connectivity index (χ4n) is 1.27. The van der Waals surface area contributed by atoms with Gasteiger partial charge in [-0.2, -0.15) is 0 Å². The van der Waals surface area contributed by atoms with Crippen LogP contribution in [0.25, 0.3) is 0 Å². The Kier molecular flexibility index (Phi) is 4.42. The Morgan fingerprint density at radius 2 is 1.42 bits per heavy atom. The van der Waals surface area contributed by atoms with Crippen molar-refractivity contribution in [1.29, 1.82) is 0 Å². The van der Waals surface area contributed by atoms with Crippen molar-refractivity contribution in [3.63, 3.8) is 0 Å². The summed E-state index contributed by atoms with van der Waals surface area (Å²) in [5.74, 6) is 0. The van der Waals surface area contributed by atoms with E-state index in [1.54, 1.807) is 0 Å². The molecular weight excluding hydrogens is 439 g/mol. The Hall–Kier alpha value is 2.15. The van der Waals surface area contributed by atoms with Crippen LogP contribution >= 0.6 is 70.9 Å². The van der Waals surface area contributed by atoms with E-state index in [2.05, 4.69) is 63.7 Å². The number of hydrogen-bond acceptors (Lipinski definition) is 1. The molecule has 1 fully saturated rings. The molecule has 4 unspecified atom stereocenters. The van der Waals surface area contributed by atoms with Gasteiger partial charge in [-0.05, 0) is 0 Å². The smallest absolute Gasteiger partial charge is 0.116 e. The number of hydrogen-bond donors (Lipinski definition) is 0. The largest absolute Gasteiger partial charge is 0.321 e. The second-order valence-corrected chi connectivity index (χ2v) is 11.8. The van der Waals surface area contributed by atoms with E-state index in [-0.39, 0.29) is 18.8 Å². The van der Waals surface area contributed by atoms with E-state index in [0.717, 1.165) is 6.16 Å². The van der Waals surface area contributed by atoms with Crippen molar-refractivity contribution in [1.82, 2.24) is 0 Å².